The molecule has 0 radical (unpaired) electrons. The maximum Gasteiger partial charge on any atom is 0.347 e. The van der Waals surface area contributed by atoms with E-state index in [0.29, 0.717) is 11.3 Å². The number of carbonyl (C=O) groups excluding carboxylic acids is 2. The van der Waals surface area contributed by atoms with Gasteiger partial charge in [0, 0.05) is 11.3 Å². The van der Waals surface area contributed by atoms with Crippen molar-refractivity contribution in [3.63, 3.8) is 0 Å². The van der Waals surface area contributed by atoms with Gasteiger partial charge < -0.3 is 14.8 Å². The predicted octanol–water partition coefficient (Wildman–Crippen LogP) is 4.66. The Bertz CT molecular complexity index is 798. The lowest BCUT2D eigenvalue weighted by Gasteiger charge is -2.17. The van der Waals surface area contributed by atoms with E-state index in [-0.39, 0.29) is 12.0 Å². The predicted molar refractivity (Wildman–Crippen MR) is 106 cm³/mol. The van der Waals surface area contributed by atoms with Crippen molar-refractivity contribution in [1.82, 2.24) is 0 Å². The Morgan fingerprint density at radius 3 is 2.33 bits per heavy atom. The molecule has 0 aromatic heterocycles. The first kappa shape index (κ1) is 20.5. The Balaban J connectivity index is 1.99. The van der Waals surface area contributed by atoms with Gasteiger partial charge in [0.25, 0.3) is 5.91 Å². The van der Waals surface area contributed by atoms with Crippen molar-refractivity contribution in [2.24, 2.45) is 0 Å². The molecule has 0 aliphatic carbocycles. The highest BCUT2D eigenvalue weighted by atomic mass is 16.6. The van der Waals surface area contributed by atoms with Crippen molar-refractivity contribution >= 4 is 17.6 Å². The highest BCUT2D eigenvalue weighted by Crippen LogP contribution is 2.20. The van der Waals surface area contributed by atoms with Crippen molar-refractivity contribution in [3.05, 3.63) is 59.2 Å². The van der Waals surface area contributed by atoms with E-state index in [1.165, 1.54) is 0 Å². The largest absolute Gasteiger partial charge is 0.479 e. The summed E-state index contributed by atoms with van der Waals surface area (Å²) >= 11 is 0. The summed E-state index contributed by atoms with van der Waals surface area (Å²) in [7, 11) is 0. The number of amides is 1. The topological polar surface area (TPSA) is 64.6 Å². The van der Waals surface area contributed by atoms with Gasteiger partial charge >= 0.3 is 5.97 Å². The van der Waals surface area contributed by atoms with Crippen LogP contribution in [-0.2, 0) is 9.53 Å². The van der Waals surface area contributed by atoms with Crippen LogP contribution in [0, 0.1) is 13.8 Å². The molecule has 1 amide bonds. The lowest BCUT2D eigenvalue weighted by Crippen LogP contribution is -2.29. The van der Waals surface area contributed by atoms with Crippen LogP contribution < -0.4 is 10.1 Å². The third-order valence-electron chi connectivity index (χ3n) is 4.51. The minimum atomic E-state index is -0.714. The fraction of sp³-hybridized carbons (Fsp3) is 0.364. The molecular weight excluding hydrogens is 342 g/mol. The standard InChI is InChI=1S/C22H27NO4/c1-6-15(3)26-22(25)17(5)27-19-12-10-18(11-13-19)21(24)23-20-9-7-8-14(2)16(20)4/h7-13,15,17H,6H2,1-5H3,(H,23,24)/t15-,17-/m0/s1. The van der Waals surface area contributed by atoms with Gasteiger partial charge in [0.1, 0.15) is 5.75 Å². The number of rotatable bonds is 7. The summed E-state index contributed by atoms with van der Waals surface area (Å²) in [6, 6.07) is 12.5. The van der Waals surface area contributed by atoms with Gasteiger partial charge in [-0.15, -0.1) is 0 Å². The smallest absolute Gasteiger partial charge is 0.347 e. The van der Waals surface area contributed by atoms with Crippen molar-refractivity contribution in [3.8, 4) is 5.75 Å². The highest BCUT2D eigenvalue weighted by molar-refractivity contribution is 6.04. The van der Waals surface area contributed by atoms with E-state index in [9.17, 15) is 9.59 Å². The van der Waals surface area contributed by atoms with Gasteiger partial charge in [-0.2, -0.15) is 0 Å². The molecule has 0 aliphatic rings. The van der Waals surface area contributed by atoms with Gasteiger partial charge in [-0.1, -0.05) is 19.1 Å². The van der Waals surface area contributed by atoms with Gasteiger partial charge in [-0.05, 0) is 75.6 Å². The van der Waals surface area contributed by atoms with Crippen LogP contribution >= 0.6 is 0 Å². The Kier molecular flexibility index (Phi) is 6.99. The Morgan fingerprint density at radius 1 is 1.04 bits per heavy atom. The molecule has 2 atom stereocenters. The summed E-state index contributed by atoms with van der Waals surface area (Å²) in [5, 5.41) is 2.92. The van der Waals surface area contributed by atoms with Gasteiger partial charge in [0.15, 0.2) is 6.10 Å². The molecule has 0 saturated carbocycles. The molecule has 2 aromatic carbocycles. The second-order valence-corrected chi connectivity index (χ2v) is 6.64. The zero-order chi connectivity index (χ0) is 20.0. The van der Waals surface area contributed by atoms with Crippen LogP contribution in [0.15, 0.2) is 42.5 Å². The van der Waals surface area contributed by atoms with Gasteiger partial charge in [-0.25, -0.2) is 4.79 Å². The number of hydrogen-bond acceptors (Lipinski definition) is 4. The summed E-state index contributed by atoms with van der Waals surface area (Å²) < 4.78 is 10.9. The molecule has 0 unspecified atom stereocenters. The van der Waals surface area contributed by atoms with Crippen LogP contribution in [0.1, 0.15) is 48.7 Å². The SMILES string of the molecule is CC[C@H](C)OC(=O)[C@H](C)Oc1ccc(C(=O)Nc2cccc(C)c2C)cc1. The molecule has 144 valence electrons. The van der Waals surface area contributed by atoms with Crippen LogP contribution in [-0.4, -0.2) is 24.1 Å². The lowest BCUT2D eigenvalue weighted by atomic mass is 10.1. The van der Waals surface area contributed by atoms with E-state index in [0.717, 1.165) is 23.2 Å². The van der Waals surface area contributed by atoms with E-state index >= 15 is 0 Å². The Labute approximate surface area is 160 Å². The number of aryl methyl sites for hydroxylation is 1. The summed E-state index contributed by atoms with van der Waals surface area (Å²) in [6.07, 6.45) is -0.101. The van der Waals surface area contributed by atoms with Crippen molar-refractivity contribution in [2.45, 2.75) is 53.2 Å². The molecule has 0 fully saturated rings. The molecular formula is C22H27NO4. The summed E-state index contributed by atoms with van der Waals surface area (Å²) in [5.41, 5.74) is 3.47. The monoisotopic (exact) mass is 369 g/mol. The minimum absolute atomic E-state index is 0.139. The second kappa shape index (κ2) is 9.21. The summed E-state index contributed by atoms with van der Waals surface area (Å²) in [5.74, 6) is -0.0903. The first-order valence-electron chi connectivity index (χ1n) is 9.16. The van der Waals surface area contributed by atoms with Crippen LogP contribution in [0.5, 0.6) is 5.75 Å². The molecule has 2 aromatic rings. The number of hydrogen-bond donors (Lipinski definition) is 1. The molecule has 0 bridgehead atoms. The van der Waals surface area contributed by atoms with Gasteiger partial charge in [-0.3, -0.25) is 4.79 Å². The van der Waals surface area contributed by atoms with E-state index < -0.39 is 12.1 Å². The zero-order valence-electron chi connectivity index (χ0n) is 16.5. The Hall–Kier alpha value is -2.82. The maximum atomic E-state index is 12.4. The van der Waals surface area contributed by atoms with Crippen molar-refractivity contribution in [2.75, 3.05) is 5.32 Å². The van der Waals surface area contributed by atoms with Crippen molar-refractivity contribution in [1.29, 1.82) is 0 Å². The molecule has 0 heterocycles. The van der Waals surface area contributed by atoms with E-state index in [4.69, 9.17) is 9.47 Å². The summed E-state index contributed by atoms with van der Waals surface area (Å²) in [4.78, 5) is 24.4. The van der Waals surface area contributed by atoms with Gasteiger partial charge in [0.2, 0.25) is 0 Å². The van der Waals surface area contributed by atoms with Crippen LogP contribution in [0.4, 0.5) is 5.69 Å². The third kappa shape index (κ3) is 5.58. The fourth-order valence-corrected chi connectivity index (χ4v) is 2.40. The quantitative estimate of drug-likeness (QED) is 0.721. The Morgan fingerprint density at radius 2 is 1.70 bits per heavy atom. The first-order chi connectivity index (χ1) is 12.8. The number of carbonyl (C=O) groups is 2. The molecule has 0 spiro atoms. The fourth-order valence-electron chi connectivity index (χ4n) is 2.40. The molecule has 2 rings (SSSR count). The molecule has 1 N–H and O–H groups in total. The van der Waals surface area contributed by atoms with Crippen LogP contribution in [0.2, 0.25) is 0 Å². The number of ether oxygens (including phenoxy) is 2. The highest BCUT2D eigenvalue weighted by Gasteiger charge is 2.18. The average Bonchev–Trinajstić information content (AvgIpc) is 2.65. The molecule has 5 nitrogen and oxygen atoms in total. The lowest BCUT2D eigenvalue weighted by molar-refractivity contribution is -0.155. The van der Waals surface area contributed by atoms with Crippen molar-refractivity contribution < 1.29 is 19.1 Å². The first-order valence-corrected chi connectivity index (χ1v) is 9.16. The third-order valence-corrected chi connectivity index (χ3v) is 4.51. The van der Waals surface area contributed by atoms with E-state index in [1.807, 2.05) is 45.9 Å². The number of esters is 1. The minimum Gasteiger partial charge on any atom is -0.479 e. The molecule has 5 heteroatoms. The van der Waals surface area contributed by atoms with Crippen LogP contribution in [0.3, 0.4) is 0 Å². The van der Waals surface area contributed by atoms with Gasteiger partial charge in [0.05, 0.1) is 6.10 Å². The molecule has 0 saturated heterocycles. The number of nitrogens with one attached hydrogen (secondary N) is 1. The van der Waals surface area contributed by atoms with Crippen LogP contribution in [0.25, 0.3) is 0 Å². The molecule has 0 aliphatic heterocycles. The normalized spacial score (nSPS) is 12.8. The number of benzene rings is 2. The number of anilines is 1. The summed E-state index contributed by atoms with van der Waals surface area (Å²) in [6.45, 7) is 9.41. The average molecular weight is 369 g/mol. The van der Waals surface area contributed by atoms with E-state index in [2.05, 4.69) is 5.32 Å². The molecule has 27 heavy (non-hydrogen) atoms. The van der Waals surface area contributed by atoms with E-state index in [1.54, 1.807) is 31.2 Å². The maximum absolute atomic E-state index is 12.4. The second-order valence-electron chi connectivity index (χ2n) is 6.64. The zero-order valence-corrected chi connectivity index (χ0v) is 16.5.